The van der Waals surface area contributed by atoms with Gasteiger partial charge in [-0.15, -0.1) is 0 Å². The highest BCUT2D eigenvalue weighted by molar-refractivity contribution is 6.34. The van der Waals surface area contributed by atoms with Crippen molar-refractivity contribution < 1.29 is 23.0 Å². The lowest BCUT2D eigenvalue weighted by atomic mass is 9.91. The van der Waals surface area contributed by atoms with Crippen LogP contribution < -0.4 is 9.47 Å². The fourth-order valence-corrected chi connectivity index (χ4v) is 3.62. The number of carbonyl (C=O) groups excluding carboxylic acids is 1. The molecule has 0 aliphatic carbocycles. The minimum atomic E-state index is -0.765. The van der Waals surface area contributed by atoms with Crippen molar-refractivity contribution in [2.45, 2.75) is 33.1 Å². The van der Waals surface area contributed by atoms with Gasteiger partial charge in [-0.2, -0.15) is 0 Å². The zero-order valence-corrected chi connectivity index (χ0v) is 18.1. The normalized spacial score (nSPS) is 10.7. The van der Waals surface area contributed by atoms with E-state index >= 15 is 4.39 Å². The third kappa shape index (κ3) is 4.88. The summed E-state index contributed by atoms with van der Waals surface area (Å²) in [5.41, 5.74) is 0.592. The SMILES string of the molecule is CCCOc1ccc(C=O)c(-c2c(Cl)c(F)cc(Oc3ccccc3)c2CCC)c1F. The molecule has 0 amide bonds. The third-order valence-electron chi connectivity index (χ3n) is 4.73. The van der Waals surface area contributed by atoms with Gasteiger partial charge in [-0.1, -0.05) is 50.1 Å². The summed E-state index contributed by atoms with van der Waals surface area (Å²) in [6.45, 7) is 4.14. The van der Waals surface area contributed by atoms with Crippen molar-refractivity contribution >= 4 is 17.9 Å². The number of benzene rings is 3. The second-order valence-corrected chi connectivity index (χ2v) is 7.38. The zero-order valence-electron chi connectivity index (χ0n) is 17.4. The molecule has 0 unspecified atom stereocenters. The zero-order chi connectivity index (χ0) is 22.4. The van der Waals surface area contributed by atoms with Crippen LogP contribution in [0.25, 0.3) is 11.1 Å². The Kier molecular flexibility index (Phi) is 7.64. The first-order valence-electron chi connectivity index (χ1n) is 10.2. The summed E-state index contributed by atoms with van der Waals surface area (Å²) in [6.07, 6.45) is 2.32. The Bertz CT molecular complexity index is 1070. The highest BCUT2D eigenvalue weighted by Crippen LogP contribution is 2.44. The Morgan fingerprint density at radius 3 is 2.35 bits per heavy atom. The van der Waals surface area contributed by atoms with Crippen LogP contribution in [-0.2, 0) is 6.42 Å². The van der Waals surface area contributed by atoms with Gasteiger partial charge >= 0.3 is 0 Å². The van der Waals surface area contributed by atoms with Crippen LogP contribution in [0.2, 0.25) is 5.02 Å². The molecule has 0 aliphatic heterocycles. The molecule has 162 valence electrons. The molecule has 3 aromatic carbocycles. The highest BCUT2D eigenvalue weighted by Gasteiger charge is 2.26. The van der Waals surface area contributed by atoms with Gasteiger partial charge in [-0.05, 0) is 37.1 Å². The van der Waals surface area contributed by atoms with E-state index in [-0.39, 0.29) is 33.2 Å². The quantitative estimate of drug-likeness (QED) is 0.318. The molecule has 0 aromatic heterocycles. The minimum absolute atomic E-state index is 0.0178. The van der Waals surface area contributed by atoms with Crippen LogP contribution in [0.3, 0.4) is 0 Å². The van der Waals surface area contributed by atoms with Gasteiger partial charge in [-0.3, -0.25) is 4.79 Å². The van der Waals surface area contributed by atoms with Crippen LogP contribution in [0.4, 0.5) is 8.78 Å². The van der Waals surface area contributed by atoms with Gasteiger partial charge in [0.25, 0.3) is 0 Å². The van der Waals surface area contributed by atoms with Gasteiger partial charge in [0.05, 0.1) is 11.6 Å². The molecule has 0 spiro atoms. The first kappa shape index (κ1) is 22.8. The van der Waals surface area contributed by atoms with Crippen LogP contribution in [0.1, 0.15) is 42.6 Å². The third-order valence-corrected chi connectivity index (χ3v) is 5.10. The van der Waals surface area contributed by atoms with Crippen molar-refractivity contribution in [1.29, 1.82) is 0 Å². The Morgan fingerprint density at radius 2 is 1.71 bits per heavy atom. The summed E-state index contributed by atoms with van der Waals surface area (Å²) >= 11 is 6.35. The molecule has 0 saturated heterocycles. The van der Waals surface area contributed by atoms with Crippen molar-refractivity contribution in [1.82, 2.24) is 0 Å². The van der Waals surface area contributed by atoms with E-state index in [1.165, 1.54) is 18.2 Å². The summed E-state index contributed by atoms with van der Waals surface area (Å²) in [7, 11) is 0. The van der Waals surface area contributed by atoms with Gasteiger partial charge in [0.2, 0.25) is 0 Å². The Balaban J connectivity index is 2.28. The van der Waals surface area contributed by atoms with Gasteiger partial charge in [-0.25, -0.2) is 8.78 Å². The number of aldehydes is 1. The topological polar surface area (TPSA) is 35.5 Å². The van der Waals surface area contributed by atoms with E-state index in [0.29, 0.717) is 43.5 Å². The number of ether oxygens (including phenoxy) is 2. The molecule has 0 saturated carbocycles. The predicted octanol–water partition coefficient (Wildman–Crippen LogP) is 7.63. The fraction of sp³-hybridized carbons (Fsp3) is 0.240. The lowest BCUT2D eigenvalue weighted by molar-refractivity contribution is 0.112. The van der Waals surface area contributed by atoms with E-state index in [0.717, 1.165) is 0 Å². The maximum Gasteiger partial charge on any atom is 0.173 e. The van der Waals surface area contributed by atoms with Crippen molar-refractivity contribution in [3.8, 4) is 28.4 Å². The standard InChI is InChI=1S/C25H23ClF2O3/c1-3-8-18-21(31-17-9-6-5-7-10-17)14-19(27)24(26)23(18)22-16(15-29)11-12-20(25(22)28)30-13-4-2/h5-7,9-12,14-15H,3-4,8,13H2,1-2H3. The lowest BCUT2D eigenvalue weighted by Crippen LogP contribution is -2.05. The highest BCUT2D eigenvalue weighted by atomic mass is 35.5. The van der Waals surface area contributed by atoms with Crippen molar-refractivity contribution in [3.05, 3.63) is 76.3 Å². The first-order valence-corrected chi connectivity index (χ1v) is 10.5. The average molecular weight is 445 g/mol. The molecular weight excluding hydrogens is 422 g/mol. The van der Waals surface area contributed by atoms with Crippen LogP contribution in [0.5, 0.6) is 17.2 Å². The second kappa shape index (κ2) is 10.4. The summed E-state index contributed by atoms with van der Waals surface area (Å²) < 4.78 is 41.8. The maximum atomic E-state index is 15.5. The van der Waals surface area contributed by atoms with Crippen LogP contribution in [-0.4, -0.2) is 12.9 Å². The maximum absolute atomic E-state index is 15.5. The molecule has 0 N–H and O–H groups in total. The molecule has 0 fully saturated rings. The Labute approximate surface area is 185 Å². The van der Waals surface area contributed by atoms with E-state index in [1.807, 2.05) is 19.9 Å². The van der Waals surface area contributed by atoms with Gasteiger partial charge < -0.3 is 9.47 Å². The smallest absolute Gasteiger partial charge is 0.173 e. The first-order chi connectivity index (χ1) is 15.0. The number of hydrogen-bond acceptors (Lipinski definition) is 3. The van der Waals surface area contributed by atoms with Crippen molar-refractivity contribution in [2.75, 3.05) is 6.61 Å². The molecule has 0 atom stereocenters. The van der Waals surface area contributed by atoms with Crippen molar-refractivity contribution in [3.63, 3.8) is 0 Å². The Hall–Kier alpha value is -2.92. The summed E-state index contributed by atoms with van der Waals surface area (Å²) in [6, 6.07) is 12.9. The molecular formula is C25H23ClF2O3. The van der Waals surface area contributed by atoms with Crippen LogP contribution in [0, 0.1) is 11.6 Å². The van der Waals surface area contributed by atoms with Crippen LogP contribution in [0.15, 0.2) is 48.5 Å². The minimum Gasteiger partial charge on any atom is -0.491 e. The van der Waals surface area contributed by atoms with E-state index in [4.69, 9.17) is 21.1 Å². The van der Waals surface area contributed by atoms with Gasteiger partial charge in [0.1, 0.15) is 17.3 Å². The second-order valence-electron chi connectivity index (χ2n) is 7.00. The van der Waals surface area contributed by atoms with Crippen molar-refractivity contribution in [2.24, 2.45) is 0 Å². The number of halogens is 3. The Morgan fingerprint density at radius 1 is 0.968 bits per heavy atom. The van der Waals surface area contributed by atoms with Crippen LogP contribution >= 0.6 is 11.6 Å². The lowest BCUT2D eigenvalue weighted by Gasteiger charge is -2.20. The van der Waals surface area contributed by atoms with E-state index in [2.05, 4.69) is 0 Å². The number of para-hydroxylation sites is 1. The van der Waals surface area contributed by atoms with Gasteiger partial charge in [0, 0.05) is 28.3 Å². The molecule has 31 heavy (non-hydrogen) atoms. The number of rotatable bonds is 9. The summed E-state index contributed by atoms with van der Waals surface area (Å²) in [5, 5.41) is -0.265. The molecule has 0 bridgehead atoms. The van der Waals surface area contributed by atoms with Gasteiger partial charge in [0.15, 0.2) is 17.9 Å². The molecule has 3 rings (SSSR count). The molecule has 6 heteroatoms. The number of hydrogen-bond donors (Lipinski definition) is 0. The molecule has 3 aromatic rings. The summed E-state index contributed by atoms with van der Waals surface area (Å²) in [5.74, 6) is -0.812. The molecule has 0 heterocycles. The molecule has 0 radical (unpaired) electrons. The molecule has 3 nitrogen and oxygen atoms in total. The largest absolute Gasteiger partial charge is 0.491 e. The van der Waals surface area contributed by atoms with E-state index < -0.39 is 11.6 Å². The number of carbonyl (C=O) groups is 1. The predicted molar refractivity (Wildman–Crippen MR) is 118 cm³/mol. The summed E-state index contributed by atoms with van der Waals surface area (Å²) in [4.78, 5) is 11.7. The van der Waals surface area contributed by atoms with E-state index in [1.54, 1.807) is 24.3 Å². The monoisotopic (exact) mass is 444 g/mol. The fourth-order valence-electron chi connectivity index (χ4n) is 3.35. The van der Waals surface area contributed by atoms with E-state index in [9.17, 15) is 9.18 Å². The average Bonchev–Trinajstić information content (AvgIpc) is 2.78. The molecule has 0 aliphatic rings.